The van der Waals surface area contributed by atoms with Crippen LogP contribution in [0, 0.1) is 11.3 Å². The van der Waals surface area contributed by atoms with Gasteiger partial charge in [0.1, 0.15) is 8.37 Å². The van der Waals surface area contributed by atoms with Crippen molar-refractivity contribution < 1.29 is 0 Å². The van der Waals surface area contributed by atoms with E-state index in [9.17, 15) is 0 Å². The highest BCUT2D eigenvalue weighted by atomic mass is 31.1. The standard InChI is InChI=1S/C11H25N4P/c1-6-15(11(4)5)16(14-10(2)3)13-9-7-8-12/h10-11,13-14H,6-7,9H2,1-5H3. The summed E-state index contributed by atoms with van der Waals surface area (Å²) in [6, 6.07) is 3.13. The Morgan fingerprint density at radius 2 is 1.94 bits per heavy atom. The van der Waals surface area contributed by atoms with Gasteiger partial charge < -0.3 is 0 Å². The summed E-state index contributed by atoms with van der Waals surface area (Å²) in [7, 11) is -0.532. The largest absolute Gasteiger partial charge is 0.270 e. The molecule has 94 valence electrons. The van der Waals surface area contributed by atoms with Gasteiger partial charge in [0.25, 0.3) is 0 Å². The van der Waals surface area contributed by atoms with E-state index in [2.05, 4.69) is 55.5 Å². The molecule has 0 fully saturated rings. The van der Waals surface area contributed by atoms with Gasteiger partial charge in [-0.2, -0.15) is 5.26 Å². The molecule has 0 aromatic carbocycles. The van der Waals surface area contributed by atoms with Gasteiger partial charge in [-0.25, -0.2) is 0 Å². The summed E-state index contributed by atoms with van der Waals surface area (Å²) in [5.41, 5.74) is 0. The molecule has 0 rings (SSSR count). The Labute approximate surface area is 101 Å². The molecular weight excluding hydrogens is 219 g/mol. The van der Waals surface area contributed by atoms with Crippen LogP contribution in [0.15, 0.2) is 0 Å². The number of hydrogen-bond donors (Lipinski definition) is 2. The van der Waals surface area contributed by atoms with E-state index >= 15 is 0 Å². The second kappa shape index (κ2) is 8.90. The summed E-state index contributed by atoms with van der Waals surface area (Å²) in [6.45, 7) is 12.6. The van der Waals surface area contributed by atoms with Gasteiger partial charge in [0, 0.05) is 31.6 Å². The average Bonchev–Trinajstić information content (AvgIpc) is 2.17. The molecule has 0 amide bonds. The number of rotatable bonds is 8. The van der Waals surface area contributed by atoms with E-state index in [4.69, 9.17) is 5.26 Å². The quantitative estimate of drug-likeness (QED) is 0.508. The first-order valence-electron chi connectivity index (χ1n) is 5.96. The van der Waals surface area contributed by atoms with Gasteiger partial charge in [-0.3, -0.25) is 14.8 Å². The predicted octanol–water partition coefficient (Wildman–Crippen LogP) is 2.44. The van der Waals surface area contributed by atoms with E-state index in [1.54, 1.807) is 0 Å². The third kappa shape index (κ3) is 6.40. The highest BCUT2D eigenvalue weighted by molar-refractivity contribution is 7.50. The number of nitriles is 1. The summed E-state index contributed by atoms with van der Waals surface area (Å²) < 4.78 is 2.41. The maximum absolute atomic E-state index is 8.55. The van der Waals surface area contributed by atoms with Crippen LogP contribution < -0.4 is 10.2 Å². The maximum atomic E-state index is 8.55. The molecule has 2 N–H and O–H groups in total. The lowest BCUT2D eigenvalue weighted by atomic mass is 10.4. The molecule has 0 heterocycles. The molecule has 16 heavy (non-hydrogen) atoms. The fourth-order valence-electron chi connectivity index (χ4n) is 1.41. The van der Waals surface area contributed by atoms with Crippen molar-refractivity contribution in [2.75, 3.05) is 13.1 Å². The second-order valence-electron chi connectivity index (χ2n) is 4.26. The normalized spacial score (nSPS) is 13.4. The summed E-state index contributed by atoms with van der Waals surface area (Å²) in [5.74, 6) is 0. The first-order chi connectivity index (χ1) is 7.52. The van der Waals surface area contributed by atoms with Crippen molar-refractivity contribution in [1.82, 2.24) is 14.8 Å². The first kappa shape index (κ1) is 15.8. The first-order valence-corrected chi connectivity index (χ1v) is 7.25. The lowest BCUT2D eigenvalue weighted by Gasteiger charge is -2.35. The molecule has 1 atom stereocenters. The summed E-state index contributed by atoms with van der Waals surface area (Å²) in [5, 5.41) is 15.5. The molecule has 5 heteroatoms. The Bertz CT molecular complexity index is 213. The van der Waals surface area contributed by atoms with Crippen LogP contribution in [-0.4, -0.2) is 29.8 Å². The second-order valence-corrected chi connectivity index (χ2v) is 5.97. The van der Waals surface area contributed by atoms with Crippen LogP contribution in [0.1, 0.15) is 41.0 Å². The van der Waals surface area contributed by atoms with Gasteiger partial charge in [-0.05, 0) is 27.7 Å². The molecule has 0 aliphatic carbocycles. The molecule has 4 nitrogen and oxygen atoms in total. The molecular formula is C11H25N4P. The van der Waals surface area contributed by atoms with Crippen LogP contribution in [-0.2, 0) is 0 Å². The van der Waals surface area contributed by atoms with Gasteiger partial charge >= 0.3 is 0 Å². The number of nitrogens with zero attached hydrogens (tertiary/aromatic N) is 2. The minimum Gasteiger partial charge on any atom is -0.270 e. The van der Waals surface area contributed by atoms with E-state index in [1.165, 1.54) is 0 Å². The van der Waals surface area contributed by atoms with Crippen LogP contribution in [0.5, 0.6) is 0 Å². The summed E-state index contributed by atoms with van der Waals surface area (Å²) in [4.78, 5) is 0. The number of hydrogen-bond acceptors (Lipinski definition) is 4. The average molecular weight is 244 g/mol. The Hall–Kier alpha value is -0.200. The molecule has 0 aliphatic rings. The zero-order valence-corrected chi connectivity index (χ0v) is 12.0. The molecule has 1 unspecified atom stereocenters. The zero-order chi connectivity index (χ0) is 12.6. The van der Waals surface area contributed by atoms with Gasteiger partial charge in [0.2, 0.25) is 0 Å². The molecule has 0 saturated carbocycles. The van der Waals surface area contributed by atoms with Crippen LogP contribution in [0.25, 0.3) is 0 Å². The maximum Gasteiger partial charge on any atom is 0.115 e. The minimum absolute atomic E-state index is 0.452. The Morgan fingerprint density at radius 1 is 1.31 bits per heavy atom. The van der Waals surface area contributed by atoms with Crippen LogP contribution >= 0.6 is 8.37 Å². The molecule has 0 bridgehead atoms. The van der Waals surface area contributed by atoms with Crippen LogP contribution in [0.4, 0.5) is 0 Å². The summed E-state index contributed by atoms with van der Waals surface area (Å²) in [6.07, 6.45) is 0.564. The van der Waals surface area contributed by atoms with Crippen molar-refractivity contribution in [3.05, 3.63) is 0 Å². The number of nitrogens with one attached hydrogen (secondary N) is 2. The fraction of sp³-hybridized carbons (Fsp3) is 0.909. The highest BCUT2D eigenvalue weighted by Crippen LogP contribution is 2.33. The third-order valence-corrected chi connectivity index (χ3v) is 4.60. The molecule has 0 aliphatic heterocycles. The Kier molecular flexibility index (Phi) is 8.78. The van der Waals surface area contributed by atoms with E-state index in [1.807, 2.05) is 0 Å². The fourth-order valence-corrected chi connectivity index (χ4v) is 3.39. The molecule has 0 aromatic rings. The Morgan fingerprint density at radius 3 is 2.31 bits per heavy atom. The Balaban J connectivity index is 4.32. The minimum atomic E-state index is -0.532. The van der Waals surface area contributed by atoms with E-state index in [0.717, 1.165) is 13.1 Å². The van der Waals surface area contributed by atoms with Gasteiger partial charge in [-0.1, -0.05) is 6.92 Å². The van der Waals surface area contributed by atoms with E-state index in [0.29, 0.717) is 18.5 Å². The lowest BCUT2D eigenvalue weighted by Crippen LogP contribution is -2.38. The molecule has 0 saturated heterocycles. The van der Waals surface area contributed by atoms with Crippen LogP contribution in [0.2, 0.25) is 0 Å². The van der Waals surface area contributed by atoms with Gasteiger partial charge in [0.15, 0.2) is 0 Å². The predicted molar refractivity (Wildman–Crippen MR) is 70.9 cm³/mol. The topological polar surface area (TPSA) is 51.1 Å². The third-order valence-electron chi connectivity index (χ3n) is 2.06. The molecule has 0 spiro atoms. The zero-order valence-electron chi connectivity index (χ0n) is 11.1. The smallest absolute Gasteiger partial charge is 0.115 e. The van der Waals surface area contributed by atoms with Crippen molar-refractivity contribution in [2.24, 2.45) is 0 Å². The van der Waals surface area contributed by atoms with Crippen molar-refractivity contribution in [2.45, 2.75) is 53.1 Å². The van der Waals surface area contributed by atoms with Gasteiger partial charge in [0.05, 0.1) is 6.07 Å². The van der Waals surface area contributed by atoms with Crippen molar-refractivity contribution >= 4 is 8.37 Å². The van der Waals surface area contributed by atoms with E-state index < -0.39 is 8.37 Å². The molecule has 0 radical (unpaired) electrons. The van der Waals surface area contributed by atoms with E-state index in [-0.39, 0.29) is 0 Å². The van der Waals surface area contributed by atoms with Gasteiger partial charge in [-0.15, -0.1) is 0 Å². The van der Waals surface area contributed by atoms with Crippen molar-refractivity contribution in [1.29, 1.82) is 5.26 Å². The SMILES string of the molecule is CCN(C(C)C)P(NCCC#N)NC(C)C. The van der Waals surface area contributed by atoms with Crippen molar-refractivity contribution in [3.63, 3.8) is 0 Å². The molecule has 0 aromatic heterocycles. The summed E-state index contributed by atoms with van der Waals surface area (Å²) >= 11 is 0. The van der Waals surface area contributed by atoms with Crippen molar-refractivity contribution in [3.8, 4) is 6.07 Å². The van der Waals surface area contributed by atoms with Crippen LogP contribution in [0.3, 0.4) is 0 Å². The monoisotopic (exact) mass is 244 g/mol. The lowest BCUT2D eigenvalue weighted by molar-refractivity contribution is 0.388. The highest BCUT2D eigenvalue weighted by Gasteiger charge is 2.19.